The minimum Gasteiger partial charge on any atom is -0.378 e. The molecule has 0 saturated heterocycles. The molecule has 0 aromatic heterocycles. The first kappa shape index (κ1) is 16.3. The van der Waals surface area contributed by atoms with Crippen LogP contribution in [0.15, 0.2) is 0 Å². The molecular weight excluding hydrogens is 252 g/mol. The highest BCUT2D eigenvalue weighted by atomic mass is 16.6. The fourth-order valence-corrected chi connectivity index (χ4v) is 4.76. The Morgan fingerprint density at radius 2 is 1.70 bits per heavy atom. The van der Waals surface area contributed by atoms with Gasteiger partial charge in [-0.05, 0) is 51.9 Å². The summed E-state index contributed by atoms with van der Waals surface area (Å²) in [6, 6.07) is 0. The first-order valence-corrected chi connectivity index (χ1v) is 8.36. The van der Waals surface area contributed by atoms with Crippen LogP contribution in [0.5, 0.6) is 0 Å². The van der Waals surface area contributed by atoms with E-state index in [1.54, 1.807) is 0 Å². The van der Waals surface area contributed by atoms with Gasteiger partial charge in [-0.15, -0.1) is 0 Å². The van der Waals surface area contributed by atoms with Gasteiger partial charge in [-0.3, -0.25) is 0 Å². The van der Waals surface area contributed by atoms with E-state index in [1.165, 1.54) is 32.1 Å². The fraction of sp³-hybridized carbons (Fsp3) is 1.00. The molecule has 2 saturated carbocycles. The molecule has 3 heteroatoms. The summed E-state index contributed by atoms with van der Waals surface area (Å²) < 4.78 is 18.4. The second-order valence-corrected chi connectivity index (χ2v) is 6.61. The predicted molar refractivity (Wildman–Crippen MR) is 81.0 cm³/mol. The third-order valence-electron chi connectivity index (χ3n) is 5.75. The van der Waals surface area contributed by atoms with Gasteiger partial charge in [-0.2, -0.15) is 0 Å². The van der Waals surface area contributed by atoms with Crippen LogP contribution in [0.3, 0.4) is 0 Å². The predicted octanol–water partition coefficient (Wildman–Crippen LogP) is 3.95. The van der Waals surface area contributed by atoms with Crippen molar-refractivity contribution >= 4 is 0 Å². The van der Waals surface area contributed by atoms with Crippen molar-refractivity contribution in [3.63, 3.8) is 0 Å². The summed E-state index contributed by atoms with van der Waals surface area (Å²) in [6.45, 7) is 5.07. The molecule has 0 bridgehead atoms. The molecule has 2 fully saturated rings. The lowest BCUT2D eigenvalue weighted by Crippen LogP contribution is -2.68. The summed E-state index contributed by atoms with van der Waals surface area (Å²) >= 11 is 0. The van der Waals surface area contributed by atoms with Crippen LogP contribution in [0.1, 0.15) is 65.2 Å². The first-order chi connectivity index (χ1) is 9.64. The maximum atomic E-state index is 6.47. The minimum atomic E-state index is -0.274. The Morgan fingerprint density at radius 3 is 2.25 bits per heavy atom. The van der Waals surface area contributed by atoms with Gasteiger partial charge in [-0.1, -0.05) is 19.3 Å². The van der Waals surface area contributed by atoms with E-state index in [9.17, 15) is 0 Å². The molecule has 0 spiro atoms. The van der Waals surface area contributed by atoms with Gasteiger partial charge < -0.3 is 14.2 Å². The molecule has 2 aliphatic carbocycles. The van der Waals surface area contributed by atoms with E-state index in [0.29, 0.717) is 5.92 Å². The molecule has 0 amide bonds. The van der Waals surface area contributed by atoms with E-state index >= 15 is 0 Å². The van der Waals surface area contributed by atoms with Crippen LogP contribution in [0, 0.1) is 5.92 Å². The molecule has 2 aliphatic rings. The lowest BCUT2D eigenvalue weighted by molar-refractivity contribution is -0.281. The second kappa shape index (κ2) is 6.76. The zero-order chi connectivity index (χ0) is 14.6. The van der Waals surface area contributed by atoms with E-state index < -0.39 is 0 Å². The van der Waals surface area contributed by atoms with E-state index in [0.717, 1.165) is 25.9 Å². The van der Waals surface area contributed by atoms with Crippen LogP contribution >= 0.6 is 0 Å². The van der Waals surface area contributed by atoms with Gasteiger partial charge in [0.2, 0.25) is 0 Å². The summed E-state index contributed by atoms with van der Waals surface area (Å²) in [6.07, 6.45) is 9.96. The molecular formula is C17H32O3. The number of hydrogen-bond acceptors (Lipinski definition) is 3. The van der Waals surface area contributed by atoms with Gasteiger partial charge in [0.1, 0.15) is 5.60 Å². The van der Waals surface area contributed by atoms with E-state index in [4.69, 9.17) is 14.2 Å². The lowest BCUT2D eigenvalue weighted by atomic mass is 9.60. The first-order valence-electron chi connectivity index (χ1n) is 8.36. The van der Waals surface area contributed by atoms with Gasteiger partial charge >= 0.3 is 0 Å². The van der Waals surface area contributed by atoms with Crippen molar-refractivity contribution in [3.05, 3.63) is 0 Å². The van der Waals surface area contributed by atoms with Crippen LogP contribution in [-0.4, -0.2) is 38.1 Å². The van der Waals surface area contributed by atoms with Crippen LogP contribution < -0.4 is 0 Å². The zero-order valence-electron chi connectivity index (χ0n) is 13.7. The van der Waals surface area contributed by atoms with Crippen molar-refractivity contribution in [2.75, 3.05) is 20.8 Å². The van der Waals surface area contributed by atoms with Gasteiger partial charge in [0.15, 0.2) is 0 Å². The molecule has 0 heterocycles. The molecule has 3 nitrogen and oxygen atoms in total. The average molecular weight is 284 g/mol. The van der Waals surface area contributed by atoms with E-state index in [-0.39, 0.29) is 17.3 Å². The molecule has 20 heavy (non-hydrogen) atoms. The second-order valence-electron chi connectivity index (χ2n) is 6.61. The smallest absolute Gasteiger partial charge is 0.125 e. The quantitative estimate of drug-likeness (QED) is 0.765. The molecule has 3 unspecified atom stereocenters. The third-order valence-corrected chi connectivity index (χ3v) is 5.75. The van der Waals surface area contributed by atoms with Crippen molar-refractivity contribution in [2.24, 2.45) is 5.92 Å². The SMILES string of the molecule is CCOC1(C2CCCCC2)C(OC)CCCC1(C)OC. The molecule has 2 rings (SSSR count). The number of rotatable bonds is 5. The normalized spacial score (nSPS) is 39.9. The molecule has 0 radical (unpaired) electrons. The van der Waals surface area contributed by atoms with Crippen molar-refractivity contribution in [1.82, 2.24) is 0 Å². The molecule has 0 aromatic rings. The Kier molecular flexibility index (Phi) is 5.49. The Bertz CT molecular complexity index is 301. The Hall–Kier alpha value is -0.120. The molecule has 0 aromatic carbocycles. The van der Waals surface area contributed by atoms with Crippen molar-refractivity contribution in [1.29, 1.82) is 0 Å². The maximum Gasteiger partial charge on any atom is 0.125 e. The lowest BCUT2D eigenvalue weighted by Gasteiger charge is -2.58. The standard InChI is InChI=1S/C17H32O3/c1-5-20-17(14-10-7-6-8-11-14)15(18-3)12-9-13-16(17,2)19-4/h14-15H,5-13H2,1-4H3. The average Bonchev–Trinajstić information content (AvgIpc) is 2.50. The third kappa shape index (κ3) is 2.53. The van der Waals surface area contributed by atoms with E-state index in [2.05, 4.69) is 13.8 Å². The van der Waals surface area contributed by atoms with Gasteiger partial charge in [0, 0.05) is 20.8 Å². The van der Waals surface area contributed by atoms with Crippen LogP contribution in [-0.2, 0) is 14.2 Å². The highest BCUT2D eigenvalue weighted by Crippen LogP contribution is 2.51. The molecule has 3 atom stereocenters. The fourth-order valence-electron chi connectivity index (χ4n) is 4.76. The van der Waals surface area contributed by atoms with Crippen molar-refractivity contribution in [2.45, 2.75) is 82.5 Å². The van der Waals surface area contributed by atoms with Crippen molar-refractivity contribution in [3.8, 4) is 0 Å². The van der Waals surface area contributed by atoms with Crippen LogP contribution in [0.25, 0.3) is 0 Å². The van der Waals surface area contributed by atoms with Crippen molar-refractivity contribution < 1.29 is 14.2 Å². The zero-order valence-corrected chi connectivity index (χ0v) is 13.7. The molecule has 118 valence electrons. The topological polar surface area (TPSA) is 27.7 Å². The van der Waals surface area contributed by atoms with Gasteiger partial charge in [0.05, 0.1) is 11.7 Å². The van der Waals surface area contributed by atoms with Crippen LogP contribution in [0.2, 0.25) is 0 Å². The Balaban J connectivity index is 2.40. The summed E-state index contributed by atoms with van der Waals surface area (Å²) in [4.78, 5) is 0. The summed E-state index contributed by atoms with van der Waals surface area (Å²) in [5.41, 5.74) is -0.506. The summed E-state index contributed by atoms with van der Waals surface area (Å²) in [5.74, 6) is 0.561. The van der Waals surface area contributed by atoms with Gasteiger partial charge in [-0.25, -0.2) is 0 Å². The summed E-state index contributed by atoms with van der Waals surface area (Å²) in [5, 5.41) is 0. The summed E-state index contributed by atoms with van der Waals surface area (Å²) in [7, 11) is 3.68. The maximum absolute atomic E-state index is 6.47. The number of hydrogen-bond donors (Lipinski definition) is 0. The molecule has 0 N–H and O–H groups in total. The molecule has 0 aliphatic heterocycles. The van der Waals surface area contributed by atoms with E-state index in [1.807, 2.05) is 14.2 Å². The monoisotopic (exact) mass is 284 g/mol. The minimum absolute atomic E-state index is 0.157. The highest BCUT2D eigenvalue weighted by Gasteiger charge is 2.61. The largest absolute Gasteiger partial charge is 0.378 e. The number of ether oxygens (including phenoxy) is 3. The Labute approximate surface area is 124 Å². The van der Waals surface area contributed by atoms with Crippen LogP contribution in [0.4, 0.5) is 0 Å². The Morgan fingerprint density at radius 1 is 1.00 bits per heavy atom. The number of methoxy groups -OCH3 is 2. The highest BCUT2D eigenvalue weighted by molar-refractivity contribution is 5.11. The van der Waals surface area contributed by atoms with Gasteiger partial charge in [0.25, 0.3) is 0 Å².